The second-order valence-electron chi connectivity index (χ2n) is 21.3. The minimum Gasteiger partial charge on any atom is -0.462 e. The van der Waals surface area contributed by atoms with E-state index < -0.39 is 6.10 Å². The highest BCUT2D eigenvalue weighted by atomic mass is 16.6. The van der Waals surface area contributed by atoms with Crippen LogP contribution in [-0.4, -0.2) is 37.2 Å². The number of esters is 3. The Morgan fingerprint density at radius 2 is 0.513 bits per heavy atom. The molecule has 0 heterocycles. The summed E-state index contributed by atoms with van der Waals surface area (Å²) in [5.41, 5.74) is 0. The lowest BCUT2D eigenvalue weighted by Crippen LogP contribution is -2.30. The van der Waals surface area contributed by atoms with Gasteiger partial charge < -0.3 is 14.2 Å². The van der Waals surface area contributed by atoms with Gasteiger partial charge >= 0.3 is 17.9 Å². The minimum atomic E-state index is -0.787. The van der Waals surface area contributed by atoms with Crippen LogP contribution in [0.1, 0.15) is 310 Å². The number of carbonyl (C=O) groups excluding carboxylic acids is 3. The number of carbonyl (C=O) groups is 3. The molecule has 0 amide bonds. The van der Waals surface area contributed by atoms with E-state index in [1.165, 1.54) is 148 Å². The van der Waals surface area contributed by atoms with Gasteiger partial charge in [-0.15, -0.1) is 0 Å². The molecule has 0 aliphatic rings. The van der Waals surface area contributed by atoms with Crippen molar-refractivity contribution in [3.63, 3.8) is 0 Å². The van der Waals surface area contributed by atoms with E-state index in [4.69, 9.17) is 14.2 Å². The molecule has 0 saturated carbocycles. The quantitative estimate of drug-likeness (QED) is 0.0261. The third-order valence-electron chi connectivity index (χ3n) is 13.8. The molecule has 0 radical (unpaired) electrons. The Hall–Kier alpha value is -3.67. The molecule has 0 spiro atoms. The van der Waals surface area contributed by atoms with Gasteiger partial charge in [0, 0.05) is 19.3 Å². The lowest BCUT2D eigenvalue weighted by atomic mass is 10.0. The van der Waals surface area contributed by atoms with Crippen LogP contribution < -0.4 is 0 Å². The van der Waals surface area contributed by atoms with E-state index in [1.807, 2.05) is 0 Å². The highest BCUT2D eigenvalue weighted by molar-refractivity contribution is 5.71. The molecule has 0 aromatic rings. The van der Waals surface area contributed by atoms with E-state index in [0.717, 1.165) is 122 Å². The van der Waals surface area contributed by atoms with Gasteiger partial charge in [-0.05, 0) is 103 Å². The zero-order valence-corrected chi connectivity index (χ0v) is 50.0. The van der Waals surface area contributed by atoms with Crippen molar-refractivity contribution < 1.29 is 28.6 Å². The first-order chi connectivity index (χ1) is 37.5. The number of rotatable bonds is 58. The van der Waals surface area contributed by atoms with Crippen molar-refractivity contribution in [2.75, 3.05) is 13.2 Å². The number of allylic oxidation sites excluding steroid dienone is 16. The molecule has 6 nitrogen and oxygen atoms in total. The van der Waals surface area contributed by atoms with Crippen LogP contribution in [0.4, 0.5) is 0 Å². The third kappa shape index (κ3) is 61.2. The molecule has 1 atom stereocenters. The lowest BCUT2D eigenvalue weighted by Gasteiger charge is -2.18. The maximum Gasteiger partial charge on any atom is 0.306 e. The molecule has 0 fully saturated rings. The molecule has 0 aliphatic heterocycles. The molecule has 0 saturated heterocycles. The van der Waals surface area contributed by atoms with Gasteiger partial charge in [0.2, 0.25) is 0 Å². The van der Waals surface area contributed by atoms with Crippen LogP contribution in [0.3, 0.4) is 0 Å². The fraction of sp³-hybridized carbons (Fsp3) is 0.729. The highest BCUT2D eigenvalue weighted by Gasteiger charge is 2.19. The van der Waals surface area contributed by atoms with E-state index in [-0.39, 0.29) is 31.1 Å². The van der Waals surface area contributed by atoms with Gasteiger partial charge in [0.1, 0.15) is 13.2 Å². The molecule has 76 heavy (non-hydrogen) atoms. The number of ether oxygens (including phenoxy) is 3. The minimum absolute atomic E-state index is 0.0825. The molecule has 436 valence electrons. The van der Waals surface area contributed by atoms with Crippen molar-refractivity contribution in [2.24, 2.45) is 0 Å². The van der Waals surface area contributed by atoms with Crippen LogP contribution in [0.2, 0.25) is 0 Å². The molecule has 1 unspecified atom stereocenters. The zero-order chi connectivity index (χ0) is 55.0. The Bertz CT molecular complexity index is 1490. The molecule has 0 rings (SSSR count). The van der Waals surface area contributed by atoms with Crippen molar-refractivity contribution in [3.8, 4) is 0 Å². The first-order valence-corrected chi connectivity index (χ1v) is 32.2. The van der Waals surface area contributed by atoms with Gasteiger partial charge in [-0.3, -0.25) is 14.4 Å². The maximum absolute atomic E-state index is 12.9. The second kappa shape index (κ2) is 63.9. The van der Waals surface area contributed by atoms with Gasteiger partial charge in [0.15, 0.2) is 6.10 Å². The Labute approximate surface area is 470 Å². The normalized spacial score (nSPS) is 12.7. The molecular formula is C70H120O6. The highest BCUT2D eigenvalue weighted by Crippen LogP contribution is 2.16. The molecular weight excluding hydrogens is 937 g/mol. The van der Waals surface area contributed by atoms with Crippen LogP contribution in [-0.2, 0) is 28.6 Å². The maximum atomic E-state index is 12.9. The zero-order valence-electron chi connectivity index (χ0n) is 50.0. The first-order valence-electron chi connectivity index (χ1n) is 32.2. The van der Waals surface area contributed by atoms with E-state index in [9.17, 15) is 14.4 Å². The molecule has 0 aromatic carbocycles. The number of hydrogen-bond acceptors (Lipinski definition) is 6. The van der Waals surface area contributed by atoms with Crippen molar-refractivity contribution in [1.82, 2.24) is 0 Å². The van der Waals surface area contributed by atoms with E-state index in [2.05, 4.69) is 118 Å². The molecule has 0 aliphatic carbocycles. The van der Waals surface area contributed by atoms with Gasteiger partial charge in [0.25, 0.3) is 0 Å². The summed E-state index contributed by atoms with van der Waals surface area (Å²) in [5.74, 6) is -0.891. The molecule has 6 heteroatoms. The lowest BCUT2D eigenvalue weighted by molar-refractivity contribution is -0.167. The van der Waals surface area contributed by atoms with Gasteiger partial charge in [-0.25, -0.2) is 0 Å². The van der Waals surface area contributed by atoms with Crippen LogP contribution in [0.5, 0.6) is 0 Å². The predicted octanol–water partition coefficient (Wildman–Crippen LogP) is 22.0. The van der Waals surface area contributed by atoms with Gasteiger partial charge in [-0.1, -0.05) is 285 Å². The average Bonchev–Trinajstić information content (AvgIpc) is 3.42. The average molecular weight is 1060 g/mol. The smallest absolute Gasteiger partial charge is 0.306 e. The summed E-state index contributed by atoms with van der Waals surface area (Å²) in [7, 11) is 0. The Balaban J connectivity index is 4.34. The second-order valence-corrected chi connectivity index (χ2v) is 21.3. The summed E-state index contributed by atoms with van der Waals surface area (Å²) in [4.78, 5) is 38.3. The van der Waals surface area contributed by atoms with Crippen LogP contribution in [0, 0.1) is 0 Å². The van der Waals surface area contributed by atoms with E-state index in [1.54, 1.807) is 0 Å². The largest absolute Gasteiger partial charge is 0.462 e. The molecule has 0 N–H and O–H groups in total. The monoisotopic (exact) mass is 1060 g/mol. The van der Waals surface area contributed by atoms with E-state index >= 15 is 0 Å². The summed E-state index contributed by atoms with van der Waals surface area (Å²) >= 11 is 0. The van der Waals surface area contributed by atoms with Crippen molar-refractivity contribution >= 4 is 17.9 Å². The Morgan fingerprint density at radius 1 is 0.276 bits per heavy atom. The Kier molecular flexibility index (Phi) is 60.8. The summed E-state index contributed by atoms with van der Waals surface area (Å²) in [5, 5.41) is 0. The summed E-state index contributed by atoms with van der Waals surface area (Å²) in [6.45, 7) is 6.52. The van der Waals surface area contributed by atoms with Gasteiger partial charge in [0.05, 0.1) is 0 Å². The van der Waals surface area contributed by atoms with Crippen molar-refractivity contribution in [2.45, 2.75) is 316 Å². The Morgan fingerprint density at radius 3 is 0.803 bits per heavy atom. The SMILES string of the molecule is CC/C=C\C/C=C\C/C=C\C/C=C\C/C=C\CCCCCCCCCCCC(=O)OCC(COC(=O)CCCCCCCCCCCCCC)OC(=O)CCCCCCCC/C=C\C/C=C\C/C=C\CCCCCCC. The predicted molar refractivity (Wildman–Crippen MR) is 330 cm³/mol. The van der Waals surface area contributed by atoms with Crippen LogP contribution in [0.15, 0.2) is 97.2 Å². The third-order valence-corrected chi connectivity index (χ3v) is 13.8. The van der Waals surface area contributed by atoms with Crippen LogP contribution in [0.25, 0.3) is 0 Å². The summed E-state index contributed by atoms with van der Waals surface area (Å²) in [6, 6.07) is 0. The number of unbranched alkanes of at least 4 members (excludes halogenated alkanes) is 31. The standard InChI is InChI=1S/C70H120O6/c1-4-7-10-13-16-19-22-25-27-29-31-33-34-35-36-38-39-41-43-45-48-51-54-57-60-63-69(72)75-66-67(65-74-68(71)62-59-56-53-50-47-24-21-18-15-12-9-6-3)76-70(73)64-61-58-55-52-49-46-44-42-40-37-32-30-28-26-23-20-17-14-11-8-5-2/h7,10,16,19,23,25-27,30-33,35-36,40,42,67H,4-6,8-9,11-15,17-18,20-22,24,28-29,34,37-39,41,43-66H2,1-3H3/b10-7-,19-16-,26-23-,27-25-,32-30-,33-31-,36-35-,42-40-. The first kappa shape index (κ1) is 72.3. The molecule has 0 bridgehead atoms. The summed E-state index contributed by atoms with van der Waals surface area (Å²) < 4.78 is 16.9. The van der Waals surface area contributed by atoms with Crippen LogP contribution >= 0.6 is 0 Å². The number of hydrogen-bond donors (Lipinski definition) is 0. The van der Waals surface area contributed by atoms with Crippen molar-refractivity contribution in [3.05, 3.63) is 97.2 Å². The fourth-order valence-electron chi connectivity index (χ4n) is 9.01. The van der Waals surface area contributed by atoms with Gasteiger partial charge in [-0.2, -0.15) is 0 Å². The van der Waals surface area contributed by atoms with E-state index in [0.29, 0.717) is 19.3 Å². The van der Waals surface area contributed by atoms with Crippen molar-refractivity contribution in [1.29, 1.82) is 0 Å². The topological polar surface area (TPSA) is 78.9 Å². The molecule has 0 aromatic heterocycles. The fourth-order valence-corrected chi connectivity index (χ4v) is 9.01. The summed E-state index contributed by atoms with van der Waals surface area (Å²) in [6.07, 6.45) is 85.5.